The number of fused-ring (bicyclic) bond motifs is 2. The summed E-state index contributed by atoms with van der Waals surface area (Å²) in [7, 11) is 7.57. The summed E-state index contributed by atoms with van der Waals surface area (Å²) in [6.45, 7) is 0. The van der Waals surface area contributed by atoms with Gasteiger partial charge in [-0.3, -0.25) is 4.79 Å². The Morgan fingerprint density at radius 1 is 0.850 bits per heavy atom. The van der Waals surface area contributed by atoms with Crippen molar-refractivity contribution in [2.45, 2.75) is 23.9 Å². The van der Waals surface area contributed by atoms with E-state index in [1.165, 1.54) is 47.7 Å². The molecule has 10 nitrogen and oxygen atoms in total. The van der Waals surface area contributed by atoms with Gasteiger partial charge in [0, 0.05) is 35.7 Å². The third-order valence-corrected chi connectivity index (χ3v) is 7.25. The molecule has 210 valence electrons. The van der Waals surface area contributed by atoms with E-state index in [1.807, 2.05) is 0 Å². The molecular formula is C30H30O10. The number of aliphatic hydroxyl groups is 1. The molecule has 1 fully saturated rings. The minimum Gasteiger partial charge on any atom is -0.507 e. The molecule has 0 amide bonds. The molecule has 0 aliphatic carbocycles. The Balaban J connectivity index is 1.60. The van der Waals surface area contributed by atoms with Gasteiger partial charge in [0.15, 0.2) is 17.1 Å². The SMILES string of the molecule is COc1ccc(C23CC(/C=C/c4cc(OC)c(OC)cc4OC)OC2(O)C(=O)c2c(O)cc(OC)cc2O3)cc1. The van der Waals surface area contributed by atoms with E-state index in [9.17, 15) is 15.0 Å². The minimum atomic E-state index is -2.46. The molecule has 10 heteroatoms. The Morgan fingerprint density at radius 3 is 2.12 bits per heavy atom. The highest BCUT2D eigenvalue weighted by Gasteiger charge is 2.69. The van der Waals surface area contributed by atoms with Crippen LogP contribution in [0.3, 0.4) is 0 Å². The van der Waals surface area contributed by atoms with E-state index in [0.717, 1.165) is 0 Å². The van der Waals surface area contributed by atoms with Crippen LogP contribution < -0.4 is 28.4 Å². The number of hydrogen-bond donors (Lipinski definition) is 2. The van der Waals surface area contributed by atoms with Crippen LogP contribution in [0.15, 0.2) is 54.6 Å². The quantitative estimate of drug-likeness (QED) is 0.424. The summed E-state index contributed by atoms with van der Waals surface area (Å²) < 4.78 is 39.3. The van der Waals surface area contributed by atoms with Crippen LogP contribution in [0.1, 0.15) is 27.9 Å². The molecule has 0 bridgehead atoms. The zero-order chi connectivity index (χ0) is 28.7. The highest BCUT2D eigenvalue weighted by atomic mass is 16.7. The number of methoxy groups -OCH3 is 5. The van der Waals surface area contributed by atoms with E-state index in [2.05, 4.69) is 0 Å². The van der Waals surface area contributed by atoms with Crippen LogP contribution >= 0.6 is 0 Å². The van der Waals surface area contributed by atoms with Crippen LogP contribution in [0, 0.1) is 0 Å². The van der Waals surface area contributed by atoms with E-state index >= 15 is 0 Å². The number of aromatic hydroxyl groups is 1. The number of benzene rings is 3. The zero-order valence-electron chi connectivity index (χ0n) is 22.7. The molecule has 3 aromatic rings. The van der Waals surface area contributed by atoms with Crippen molar-refractivity contribution >= 4 is 11.9 Å². The molecule has 2 aliphatic heterocycles. The van der Waals surface area contributed by atoms with Gasteiger partial charge in [-0.15, -0.1) is 0 Å². The lowest BCUT2D eigenvalue weighted by Crippen LogP contribution is -2.60. The topological polar surface area (TPSA) is 122 Å². The van der Waals surface area contributed by atoms with Crippen LogP contribution in [0.25, 0.3) is 6.08 Å². The van der Waals surface area contributed by atoms with Crippen LogP contribution in [0.5, 0.6) is 40.2 Å². The highest BCUT2D eigenvalue weighted by molar-refractivity contribution is 6.08. The van der Waals surface area contributed by atoms with E-state index < -0.39 is 29.0 Å². The van der Waals surface area contributed by atoms with Crippen molar-refractivity contribution < 1.29 is 48.2 Å². The molecule has 2 N–H and O–H groups in total. The summed E-state index contributed by atoms with van der Waals surface area (Å²) in [6, 6.07) is 13.0. The number of phenolic OH excluding ortho intramolecular Hbond substituents is 1. The van der Waals surface area contributed by atoms with Crippen molar-refractivity contribution in [1.82, 2.24) is 0 Å². The number of ketones is 1. The molecule has 1 saturated heterocycles. The summed E-state index contributed by atoms with van der Waals surface area (Å²) in [5.74, 6) is -1.23. The highest BCUT2D eigenvalue weighted by Crippen LogP contribution is 2.56. The second kappa shape index (κ2) is 10.3. The zero-order valence-corrected chi connectivity index (χ0v) is 22.7. The number of ether oxygens (including phenoxy) is 7. The molecule has 0 aromatic heterocycles. The van der Waals surface area contributed by atoms with Crippen LogP contribution in [0.2, 0.25) is 0 Å². The lowest BCUT2D eigenvalue weighted by molar-refractivity contribution is -0.223. The fraction of sp³-hybridized carbons (Fsp3) is 0.300. The largest absolute Gasteiger partial charge is 0.507 e. The Hall–Kier alpha value is -4.41. The van der Waals surface area contributed by atoms with Crippen molar-refractivity contribution in [3.63, 3.8) is 0 Å². The lowest BCUT2D eigenvalue weighted by Gasteiger charge is -2.43. The van der Waals surface area contributed by atoms with Crippen LogP contribution in [0.4, 0.5) is 0 Å². The van der Waals surface area contributed by atoms with Gasteiger partial charge in [-0.2, -0.15) is 0 Å². The maximum atomic E-state index is 13.9. The standard InChI is InChI=1S/C30H30O10/c1-34-19-10-7-18(8-11-19)29-16-20(9-6-17-12-24(37-4)25(38-5)15-23(17)36-3)39-30(29,33)28(32)27-22(31)13-21(35-2)14-26(27)40-29/h6-15,20,31,33H,16H2,1-5H3/b9-6+. The summed E-state index contributed by atoms with van der Waals surface area (Å²) in [6.07, 6.45) is 2.72. The minimum absolute atomic E-state index is 0.0606. The maximum Gasteiger partial charge on any atom is 0.277 e. The van der Waals surface area contributed by atoms with Gasteiger partial charge in [0.25, 0.3) is 5.79 Å². The molecule has 2 aliphatic rings. The first kappa shape index (κ1) is 27.2. The van der Waals surface area contributed by atoms with E-state index in [0.29, 0.717) is 34.1 Å². The van der Waals surface area contributed by atoms with Gasteiger partial charge < -0.3 is 43.4 Å². The second-order valence-electron chi connectivity index (χ2n) is 9.32. The number of Topliss-reactive ketones (excluding diaryl/α,β-unsaturated/α-hetero) is 1. The summed E-state index contributed by atoms with van der Waals surface area (Å²) >= 11 is 0. The molecule has 5 rings (SSSR count). The first-order chi connectivity index (χ1) is 19.2. The van der Waals surface area contributed by atoms with Gasteiger partial charge in [0.05, 0.1) is 41.7 Å². The van der Waals surface area contributed by atoms with Gasteiger partial charge in [0.1, 0.15) is 34.3 Å². The maximum absolute atomic E-state index is 13.9. The van der Waals surface area contributed by atoms with Gasteiger partial charge in [-0.1, -0.05) is 24.3 Å². The Morgan fingerprint density at radius 2 is 1.50 bits per heavy atom. The van der Waals surface area contributed by atoms with Crippen LogP contribution in [-0.4, -0.2) is 63.4 Å². The summed E-state index contributed by atoms with van der Waals surface area (Å²) in [5, 5.41) is 22.6. The molecule has 0 saturated carbocycles. The van der Waals surface area contributed by atoms with E-state index in [4.69, 9.17) is 33.2 Å². The smallest absolute Gasteiger partial charge is 0.277 e. The van der Waals surface area contributed by atoms with Gasteiger partial charge in [-0.05, 0) is 18.2 Å². The lowest BCUT2D eigenvalue weighted by atomic mass is 9.77. The van der Waals surface area contributed by atoms with Gasteiger partial charge >= 0.3 is 0 Å². The third-order valence-electron chi connectivity index (χ3n) is 7.25. The third kappa shape index (κ3) is 4.16. The molecule has 2 heterocycles. The number of hydrogen-bond acceptors (Lipinski definition) is 10. The average molecular weight is 551 g/mol. The number of phenols is 1. The summed E-state index contributed by atoms with van der Waals surface area (Å²) in [5.41, 5.74) is -0.712. The fourth-order valence-corrected chi connectivity index (χ4v) is 5.22. The Bertz CT molecular complexity index is 1460. The second-order valence-corrected chi connectivity index (χ2v) is 9.32. The van der Waals surface area contributed by atoms with Crippen LogP contribution in [-0.2, 0) is 10.3 Å². The van der Waals surface area contributed by atoms with Crippen molar-refractivity contribution in [2.75, 3.05) is 35.5 Å². The first-order valence-corrected chi connectivity index (χ1v) is 12.4. The van der Waals surface area contributed by atoms with Crippen molar-refractivity contribution in [3.05, 3.63) is 71.3 Å². The predicted molar refractivity (Wildman–Crippen MR) is 144 cm³/mol. The van der Waals surface area contributed by atoms with Crippen molar-refractivity contribution in [1.29, 1.82) is 0 Å². The van der Waals surface area contributed by atoms with Crippen molar-refractivity contribution in [3.8, 4) is 40.2 Å². The number of rotatable bonds is 8. The monoisotopic (exact) mass is 550 g/mol. The van der Waals surface area contributed by atoms with Crippen molar-refractivity contribution in [2.24, 2.45) is 0 Å². The summed E-state index contributed by atoms with van der Waals surface area (Å²) in [4.78, 5) is 13.9. The fourth-order valence-electron chi connectivity index (χ4n) is 5.22. The van der Waals surface area contributed by atoms with E-state index in [1.54, 1.807) is 48.6 Å². The molecular weight excluding hydrogens is 520 g/mol. The predicted octanol–water partition coefficient (Wildman–Crippen LogP) is 4.10. The Kier molecular flexibility index (Phi) is 6.99. The normalized spacial score (nSPS) is 23.2. The molecule has 40 heavy (non-hydrogen) atoms. The molecule has 0 spiro atoms. The Labute approximate surface area is 231 Å². The molecule has 3 aromatic carbocycles. The number of carbonyl (C=O) groups is 1. The average Bonchev–Trinajstić information content (AvgIpc) is 3.28. The first-order valence-electron chi connectivity index (χ1n) is 12.4. The van der Waals surface area contributed by atoms with Gasteiger partial charge in [-0.25, -0.2) is 0 Å². The van der Waals surface area contributed by atoms with E-state index in [-0.39, 0.29) is 23.5 Å². The number of carbonyl (C=O) groups excluding carboxylic acids is 1. The molecule has 3 atom stereocenters. The molecule has 0 radical (unpaired) electrons. The van der Waals surface area contributed by atoms with Gasteiger partial charge in [0.2, 0.25) is 5.78 Å². The molecule has 3 unspecified atom stereocenters.